The van der Waals surface area contributed by atoms with Crippen LogP contribution in [0.1, 0.15) is 43.7 Å². The quantitative estimate of drug-likeness (QED) is 0.826. The number of para-hydroxylation sites is 1. The van der Waals surface area contributed by atoms with Gasteiger partial charge in [-0.05, 0) is 42.7 Å². The Bertz CT molecular complexity index is 671. The first-order valence-corrected chi connectivity index (χ1v) is 8.47. The van der Waals surface area contributed by atoms with Crippen molar-refractivity contribution >= 4 is 16.9 Å². The third-order valence-electron chi connectivity index (χ3n) is 5.87. The van der Waals surface area contributed by atoms with Gasteiger partial charge in [0.1, 0.15) is 5.58 Å². The SMILES string of the molecule is CC[C@@H]1C[C@H]2CN(C(=O)c3cc4ccccc4o3)[C@@H](C1)C2C. The largest absolute Gasteiger partial charge is 0.451 e. The van der Waals surface area contributed by atoms with Gasteiger partial charge in [0.2, 0.25) is 0 Å². The Morgan fingerprint density at radius 3 is 2.91 bits per heavy atom. The maximum absolute atomic E-state index is 12.9. The van der Waals surface area contributed by atoms with E-state index in [1.807, 2.05) is 30.3 Å². The number of fused-ring (bicyclic) bond motifs is 3. The van der Waals surface area contributed by atoms with Gasteiger partial charge in [0.15, 0.2) is 5.76 Å². The molecule has 1 unspecified atom stereocenters. The molecule has 0 spiro atoms. The maximum atomic E-state index is 12.9. The summed E-state index contributed by atoms with van der Waals surface area (Å²) >= 11 is 0. The Balaban J connectivity index is 1.63. The minimum Gasteiger partial charge on any atom is -0.451 e. The van der Waals surface area contributed by atoms with E-state index in [2.05, 4.69) is 18.7 Å². The molecule has 0 N–H and O–H groups in total. The Morgan fingerprint density at radius 2 is 2.14 bits per heavy atom. The number of nitrogens with zero attached hydrogens (tertiary/aromatic N) is 1. The van der Waals surface area contributed by atoms with Crippen LogP contribution in [0.2, 0.25) is 0 Å². The summed E-state index contributed by atoms with van der Waals surface area (Å²) in [5, 5.41) is 1.01. The number of benzene rings is 1. The molecule has 1 aliphatic carbocycles. The Hall–Kier alpha value is -1.77. The molecule has 22 heavy (non-hydrogen) atoms. The first-order chi connectivity index (χ1) is 10.7. The molecule has 2 bridgehead atoms. The van der Waals surface area contributed by atoms with Gasteiger partial charge in [-0.1, -0.05) is 38.5 Å². The van der Waals surface area contributed by atoms with Crippen molar-refractivity contribution in [1.29, 1.82) is 0 Å². The molecule has 2 aliphatic rings. The van der Waals surface area contributed by atoms with E-state index in [0.717, 1.165) is 29.9 Å². The average Bonchev–Trinajstić information content (AvgIpc) is 3.02. The summed E-state index contributed by atoms with van der Waals surface area (Å²) in [5.74, 6) is 2.63. The summed E-state index contributed by atoms with van der Waals surface area (Å²) in [5.41, 5.74) is 0.799. The van der Waals surface area contributed by atoms with Crippen LogP contribution < -0.4 is 0 Å². The molecule has 1 amide bonds. The standard InChI is InChI=1S/C19H23NO2/c1-3-13-8-15-11-20(16(9-13)12(15)2)19(21)18-10-14-6-4-5-7-17(14)22-18/h4-7,10,12-13,15-16H,3,8-9,11H2,1-2H3/t12?,13-,15+,16+/m1/s1. The smallest absolute Gasteiger partial charge is 0.289 e. The van der Waals surface area contributed by atoms with Crippen LogP contribution in [-0.4, -0.2) is 23.4 Å². The molecule has 1 aliphatic heterocycles. The summed E-state index contributed by atoms with van der Waals surface area (Å²) in [6, 6.07) is 10.1. The predicted molar refractivity (Wildman–Crippen MR) is 86.7 cm³/mol. The monoisotopic (exact) mass is 297 g/mol. The van der Waals surface area contributed by atoms with Crippen LogP contribution in [0.15, 0.2) is 34.7 Å². The van der Waals surface area contributed by atoms with Crippen LogP contribution in [0.5, 0.6) is 0 Å². The van der Waals surface area contributed by atoms with Gasteiger partial charge < -0.3 is 9.32 Å². The minimum absolute atomic E-state index is 0.0762. The summed E-state index contributed by atoms with van der Waals surface area (Å²) in [6.07, 6.45) is 3.66. The zero-order valence-electron chi connectivity index (χ0n) is 13.3. The maximum Gasteiger partial charge on any atom is 0.289 e. The molecule has 1 saturated carbocycles. The van der Waals surface area contributed by atoms with Gasteiger partial charge in [-0.15, -0.1) is 0 Å². The van der Waals surface area contributed by atoms with E-state index in [1.165, 1.54) is 12.8 Å². The van der Waals surface area contributed by atoms with Gasteiger partial charge in [0.05, 0.1) is 0 Å². The molecule has 3 nitrogen and oxygen atoms in total. The number of hydrogen-bond donors (Lipinski definition) is 0. The molecule has 3 heteroatoms. The average molecular weight is 297 g/mol. The fraction of sp³-hybridized carbons (Fsp3) is 0.526. The van der Waals surface area contributed by atoms with E-state index in [1.54, 1.807) is 0 Å². The van der Waals surface area contributed by atoms with Crippen LogP contribution in [0.25, 0.3) is 11.0 Å². The molecular weight excluding hydrogens is 274 g/mol. The van der Waals surface area contributed by atoms with E-state index in [-0.39, 0.29) is 5.91 Å². The highest BCUT2D eigenvalue weighted by atomic mass is 16.3. The fourth-order valence-electron chi connectivity index (χ4n) is 4.44. The molecule has 1 aromatic heterocycles. The summed E-state index contributed by atoms with van der Waals surface area (Å²) in [7, 11) is 0. The highest BCUT2D eigenvalue weighted by Crippen LogP contribution is 2.44. The van der Waals surface area contributed by atoms with Gasteiger partial charge in [-0.2, -0.15) is 0 Å². The van der Waals surface area contributed by atoms with Crippen LogP contribution in [0, 0.1) is 17.8 Å². The summed E-state index contributed by atoms with van der Waals surface area (Å²) in [4.78, 5) is 15.0. The van der Waals surface area contributed by atoms with Gasteiger partial charge >= 0.3 is 0 Å². The third kappa shape index (κ3) is 2.06. The molecular formula is C19H23NO2. The lowest BCUT2D eigenvalue weighted by Gasteiger charge is -2.33. The van der Waals surface area contributed by atoms with Crippen LogP contribution in [0.4, 0.5) is 0 Å². The fourth-order valence-corrected chi connectivity index (χ4v) is 4.44. The second-order valence-electron chi connectivity index (χ2n) is 7.04. The number of carbonyl (C=O) groups is 1. The topological polar surface area (TPSA) is 33.5 Å². The van der Waals surface area contributed by atoms with Crippen molar-refractivity contribution < 1.29 is 9.21 Å². The second kappa shape index (κ2) is 5.15. The van der Waals surface area contributed by atoms with Crippen LogP contribution in [0.3, 0.4) is 0 Å². The number of likely N-dealkylation sites (tertiary alicyclic amines) is 1. The first-order valence-electron chi connectivity index (χ1n) is 8.47. The normalized spacial score (nSPS) is 30.9. The first kappa shape index (κ1) is 13.9. The molecule has 1 aromatic carbocycles. The second-order valence-corrected chi connectivity index (χ2v) is 7.04. The van der Waals surface area contributed by atoms with Crippen molar-refractivity contribution in [1.82, 2.24) is 4.90 Å². The zero-order chi connectivity index (χ0) is 15.3. The predicted octanol–water partition coefficient (Wildman–Crippen LogP) is 4.33. The molecule has 2 aromatic rings. The van der Waals surface area contributed by atoms with Crippen molar-refractivity contribution in [3.63, 3.8) is 0 Å². The summed E-state index contributed by atoms with van der Waals surface area (Å²) in [6.45, 7) is 5.48. The number of furan rings is 1. The van der Waals surface area contributed by atoms with Crippen molar-refractivity contribution in [2.45, 2.75) is 39.2 Å². The van der Waals surface area contributed by atoms with E-state index in [0.29, 0.717) is 23.6 Å². The van der Waals surface area contributed by atoms with E-state index in [9.17, 15) is 4.79 Å². The van der Waals surface area contributed by atoms with E-state index >= 15 is 0 Å². The number of hydrogen-bond acceptors (Lipinski definition) is 2. The lowest BCUT2D eigenvalue weighted by atomic mass is 9.74. The van der Waals surface area contributed by atoms with E-state index in [4.69, 9.17) is 4.42 Å². The Morgan fingerprint density at radius 1 is 1.32 bits per heavy atom. The molecule has 2 heterocycles. The molecule has 116 valence electrons. The van der Waals surface area contributed by atoms with Crippen LogP contribution in [-0.2, 0) is 0 Å². The minimum atomic E-state index is 0.0762. The van der Waals surface area contributed by atoms with Crippen LogP contribution >= 0.6 is 0 Å². The Kier molecular flexibility index (Phi) is 3.24. The lowest BCUT2D eigenvalue weighted by Crippen LogP contribution is -2.38. The van der Waals surface area contributed by atoms with Crippen molar-refractivity contribution in [3.05, 3.63) is 36.1 Å². The zero-order valence-corrected chi connectivity index (χ0v) is 13.3. The van der Waals surface area contributed by atoms with Gasteiger partial charge in [0, 0.05) is 18.0 Å². The van der Waals surface area contributed by atoms with Gasteiger partial charge in [-0.3, -0.25) is 4.79 Å². The number of rotatable bonds is 2. The van der Waals surface area contributed by atoms with Gasteiger partial charge in [0.25, 0.3) is 5.91 Å². The molecule has 1 saturated heterocycles. The van der Waals surface area contributed by atoms with Crippen molar-refractivity contribution in [3.8, 4) is 0 Å². The molecule has 2 fully saturated rings. The number of carbonyl (C=O) groups excluding carboxylic acids is 1. The van der Waals surface area contributed by atoms with Gasteiger partial charge in [-0.25, -0.2) is 0 Å². The van der Waals surface area contributed by atoms with Crippen molar-refractivity contribution in [2.75, 3.05) is 6.54 Å². The lowest BCUT2D eigenvalue weighted by molar-refractivity contribution is 0.0669. The molecule has 4 atom stereocenters. The third-order valence-corrected chi connectivity index (χ3v) is 5.87. The Labute approximate surface area is 131 Å². The summed E-state index contributed by atoms with van der Waals surface area (Å²) < 4.78 is 5.79. The highest BCUT2D eigenvalue weighted by Gasteiger charge is 2.46. The molecule has 4 rings (SSSR count). The van der Waals surface area contributed by atoms with Crippen molar-refractivity contribution in [2.24, 2.45) is 17.8 Å². The van der Waals surface area contributed by atoms with E-state index < -0.39 is 0 Å². The molecule has 0 radical (unpaired) electrons. The number of amides is 1. The highest BCUT2D eigenvalue weighted by molar-refractivity contribution is 5.96.